The van der Waals surface area contributed by atoms with Gasteiger partial charge >= 0.3 is 0 Å². The highest BCUT2D eigenvalue weighted by Gasteiger charge is 2.40. The molecule has 0 saturated heterocycles. The van der Waals surface area contributed by atoms with E-state index in [4.69, 9.17) is 0 Å². The van der Waals surface area contributed by atoms with Crippen LogP contribution in [0.4, 0.5) is 0 Å². The Labute approximate surface area is 205 Å². The van der Waals surface area contributed by atoms with Crippen LogP contribution in [0.25, 0.3) is 0 Å². The van der Waals surface area contributed by atoms with Crippen LogP contribution in [0.2, 0.25) is 0 Å². The number of hydrogen-bond acceptors (Lipinski definition) is 4. The first kappa shape index (κ1) is 24.0. The number of ketones is 2. The van der Waals surface area contributed by atoms with Gasteiger partial charge in [-0.1, -0.05) is 84.9 Å². The second-order valence-electron chi connectivity index (χ2n) is 8.89. The van der Waals surface area contributed by atoms with Crippen molar-refractivity contribution < 1.29 is 14.4 Å². The van der Waals surface area contributed by atoms with Crippen LogP contribution in [0.5, 0.6) is 0 Å². The molecule has 0 fully saturated rings. The van der Waals surface area contributed by atoms with Crippen LogP contribution in [0.3, 0.4) is 0 Å². The third-order valence-electron chi connectivity index (χ3n) is 6.35. The van der Waals surface area contributed by atoms with Crippen LogP contribution in [-0.2, 0) is 4.79 Å². The summed E-state index contributed by atoms with van der Waals surface area (Å²) in [5.41, 5.74) is 3.71. The number of aliphatic imine (C=N–C) groups is 1. The quantitative estimate of drug-likeness (QED) is 0.447. The number of amides is 1. The molecule has 0 N–H and O–H groups in total. The predicted octanol–water partition coefficient (Wildman–Crippen LogP) is 5.28. The van der Waals surface area contributed by atoms with E-state index in [2.05, 4.69) is 4.99 Å². The zero-order valence-electron chi connectivity index (χ0n) is 20.1. The SMILES string of the molecule is Cc1ccccc1C1C(C(=O)c2ccccc2)=C(CC(=O)N(C)C)N=CC1C(=O)c1ccccc1. The van der Waals surface area contributed by atoms with Gasteiger partial charge in [-0.05, 0) is 18.1 Å². The van der Waals surface area contributed by atoms with Gasteiger partial charge < -0.3 is 4.90 Å². The minimum absolute atomic E-state index is 0.0218. The molecule has 0 radical (unpaired) electrons. The first-order chi connectivity index (χ1) is 16.9. The fourth-order valence-corrected chi connectivity index (χ4v) is 4.44. The molecule has 5 nitrogen and oxygen atoms in total. The molecular weight excluding hydrogens is 436 g/mol. The first-order valence-electron chi connectivity index (χ1n) is 11.6. The van der Waals surface area contributed by atoms with Gasteiger partial charge in [0.2, 0.25) is 5.91 Å². The summed E-state index contributed by atoms with van der Waals surface area (Å²) >= 11 is 0. The van der Waals surface area contributed by atoms with Crippen LogP contribution >= 0.6 is 0 Å². The van der Waals surface area contributed by atoms with Crippen molar-refractivity contribution in [1.82, 2.24) is 4.90 Å². The van der Waals surface area contributed by atoms with Crippen LogP contribution in [0.15, 0.2) is 101 Å². The van der Waals surface area contributed by atoms with Crippen molar-refractivity contribution in [3.63, 3.8) is 0 Å². The first-order valence-corrected chi connectivity index (χ1v) is 11.6. The second kappa shape index (κ2) is 10.4. The van der Waals surface area contributed by atoms with Crippen molar-refractivity contribution in [3.8, 4) is 0 Å². The van der Waals surface area contributed by atoms with Gasteiger partial charge in [-0.25, -0.2) is 0 Å². The van der Waals surface area contributed by atoms with E-state index < -0.39 is 11.8 Å². The van der Waals surface area contributed by atoms with Gasteiger partial charge in [-0.2, -0.15) is 0 Å². The molecule has 5 heteroatoms. The van der Waals surface area contributed by atoms with Gasteiger partial charge in [0, 0.05) is 42.9 Å². The highest BCUT2D eigenvalue weighted by molar-refractivity contribution is 6.15. The average molecular weight is 465 g/mol. The van der Waals surface area contributed by atoms with E-state index in [-0.39, 0.29) is 23.9 Å². The fraction of sp³-hybridized carbons (Fsp3) is 0.200. The summed E-state index contributed by atoms with van der Waals surface area (Å²) in [6.07, 6.45) is 1.60. The molecule has 3 aromatic rings. The van der Waals surface area contributed by atoms with E-state index in [0.29, 0.717) is 22.4 Å². The minimum atomic E-state index is -0.681. The maximum absolute atomic E-state index is 14.0. The minimum Gasteiger partial charge on any atom is -0.348 e. The van der Waals surface area contributed by atoms with Crippen molar-refractivity contribution >= 4 is 23.7 Å². The Morgan fingerprint density at radius 2 is 1.37 bits per heavy atom. The Balaban J connectivity index is 1.93. The van der Waals surface area contributed by atoms with E-state index in [1.54, 1.807) is 56.7 Å². The predicted molar refractivity (Wildman–Crippen MR) is 138 cm³/mol. The molecule has 35 heavy (non-hydrogen) atoms. The number of benzene rings is 3. The molecule has 1 aliphatic heterocycles. The monoisotopic (exact) mass is 464 g/mol. The van der Waals surface area contributed by atoms with Gasteiger partial charge in [0.1, 0.15) is 0 Å². The molecule has 3 aromatic carbocycles. The summed E-state index contributed by atoms with van der Waals surface area (Å²) in [4.78, 5) is 46.5. The zero-order chi connectivity index (χ0) is 24.9. The molecule has 1 amide bonds. The van der Waals surface area contributed by atoms with Crippen molar-refractivity contribution in [1.29, 1.82) is 0 Å². The van der Waals surface area contributed by atoms with Gasteiger partial charge in [0.25, 0.3) is 0 Å². The van der Waals surface area contributed by atoms with Crippen LogP contribution in [-0.4, -0.2) is 42.7 Å². The van der Waals surface area contributed by atoms with Gasteiger partial charge in [0.15, 0.2) is 11.6 Å². The Bertz CT molecular complexity index is 1310. The molecule has 1 heterocycles. The van der Waals surface area contributed by atoms with Gasteiger partial charge in [-0.15, -0.1) is 0 Å². The molecule has 0 aliphatic carbocycles. The summed E-state index contributed by atoms with van der Waals surface area (Å²) in [5, 5.41) is 0. The van der Waals surface area contributed by atoms with E-state index in [9.17, 15) is 14.4 Å². The topological polar surface area (TPSA) is 66.8 Å². The third-order valence-corrected chi connectivity index (χ3v) is 6.35. The second-order valence-corrected chi connectivity index (χ2v) is 8.89. The number of hydrogen-bond donors (Lipinski definition) is 0. The smallest absolute Gasteiger partial charge is 0.228 e. The number of nitrogens with zero attached hydrogens (tertiary/aromatic N) is 2. The van der Waals surface area contributed by atoms with Crippen LogP contribution in [0, 0.1) is 12.8 Å². The standard InChI is InChI=1S/C30H28N2O3/c1-20-12-10-11-17-23(20)27-24(29(34)21-13-6-4-7-14-21)19-31-25(18-26(33)32(2)3)28(27)30(35)22-15-8-5-9-16-22/h4-17,19,24,27H,18H2,1-3H3. The molecule has 1 aliphatic rings. The molecule has 2 atom stereocenters. The van der Waals surface area contributed by atoms with Gasteiger partial charge in [-0.3, -0.25) is 19.4 Å². The average Bonchev–Trinajstić information content (AvgIpc) is 2.89. The summed E-state index contributed by atoms with van der Waals surface area (Å²) in [5.74, 6) is -1.74. The van der Waals surface area contributed by atoms with Gasteiger partial charge in [0.05, 0.1) is 18.0 Å². The van der Waals surface area contributed by atoms with E-state index >= 15 is 0 Å². The number of rotatable bonds is 7. The fourth-order valence-electron chi connectivity index (χ4n) is 4.44. The van der Waals surface area contributed by atoms with Crippen LogP contribution in [0.1, 0.15) is 44.2 Å². The van der Waals surface area contributed by atoms with Crippen LogP contribution < -0.4 is 0 Å². The Kier molecular flexibility index (Phi) is 7.16. The zero-order valence-corrected chi connectivity index (χ0v) is 20.1. The number of aryl methyl sites for hydroxylation is 1. The van der Waals surface area contributed by atoms with E-state index in [0.717, 1.165) is 11.1 Å². The molecule has 4 rings (SSSR count). The number of carbonyl (C=O) groups excluding carboxylic acids is 3. The summed E-state index contributed by atoms with van der Waals surface area (Å²) < 4.78 is 0. The Morgan fingerprint density at radius 1 is 0.800 bits per heavy atom. The van der Waals surface area contributed by atoms with Crippen molar-refractivity contribution in [2.75, 3.05) is 14.1 Å². The number of allylic oxidation sites excluding steroid dienone is 1. The number of Topliss-reactive ketones (excluding diaryl/α,β-unsaturated/α-hetero) is 2. The summed E-state index contributed by atoms with van der Waals surface area (Å²) in [6.45, 7) is 1.97. The highest BCUT2D eigenvalue weighted by atomic mass is 16.2. The lowest BCUT2D eigenvalue weighted by Gasteiger charge is -2.31. The maximum atomic E-state index is 14.0. The van der Waals surface area contributed by atoms with E-state index in [1.165, 1.54) is 4.90 Å². The Hall–Kier alpha value is -4.12. The third kappa shape index (κ3) is 5.04. The lowest BCUT2D eigenvalue weighted by atomic mass is 9.72. The molecule has 2 unspecified atom stereocenters. The summed E-state index contributed by atoms with van der Waals surface area (Å²) in [7, 11) is 3.35. The lowest BCUT2D eigenvalue weighted by molar-refractivity contribution is -0.127. The highest BCUT2D eigenvalue weighted by Crippen LogP contribution is 2.42. The molecule has 0 bridgehead atoms. The molecule has 0 saturated carbocycles. The molecular formula is C30H28N2O3. The van der Waals surface area contributed by atoms with E-state index in [1.807, 2.05) is 55.5 Å². The number of carbonyl (C=O) groups is 3. The van der Waals surface area contributed by atoms with Crippen molar-refractivity contribution in [2.45, 2.75) is 19.3 Å². The molecule has 176 valence electrons. The van der Waals surface area contributed by atoms with Crippen molar-refractivity contribution in [2.24, 2.45) is 10.9 Å². The largest absolute Gasteiger partial charge is 0.348 e. The normalized spacial score (nSPS) is 17.2. The maximum Gasteiger partial charge on any atom is 0.228 e. The molecule has 0 aromatic heterocycles. The lowest BCUT2D eigenvalue weighted by Crippen LogP contribution is -2.33. The van der Waals surface area contributed by atoms with Crippen molar-refractivity contribution in [3.05, 3.63) is 118 Å². The molecule has 0 spiro atoms. The Morgan fingerprint density at radius 3 is 1.97 bits per heavy atom. The summed E-state index contributed by atoms with van der Waals surface area (Å²) in [6, 6.07) is 25.8.